The van der Waals surface area contributed by atoms with E-state index in [9.17, 15) is 38.4 Å². The lowest BCUT2D eigenvalue weighted by atomic mass is 10.0. The molecule has 20 nitrogen and oxygen atoms in total. The van der Waals surface area contributed by atoms with Crippen molar-refractivity contribution in [3.63, 3.8) is 0 Å². The maximum Gasteiger partial charge on any atom is 0.407 e. The number of unbranched alkanes of at least 4 members (excludes halogenated alkanes) is 1. The highest BCUT2D eigenvalue weighted by molar-refractivity contribution is 5.98. The third-order valence-corrected chi connectivity index (χ3v) is 8.44. The normalized spacial score (nSPS) is 12.1. The molecular weight excluding hydrogens is 871 g/mol. The molecule has 0 aliphatic heterocycles. The molecule has 1 unspecified atom stereocenters. The molecule has 0 saturated carbocycles. The van der Waals surface area contributed by atoms with Crippen molar-refractivity contribution in [1.29, 1.82) is 0 Å². The van der Waals surface area contributed by atoms with Gasteiger partial charge in [0.2, 0.25) is 5.91 Å². The second-order valence-electron chi connectivity index (χ2n) is 19.7. The van der Waals surface area contributed by atoms with Gasteiger partial charge in [0.1, 0.15) is 28.4 Å². The summed E-state index contributed by atoms with van der Waals surface area (Å²) in [6.07, 6.45) is -2.26. The van der Waals surface area contributed by atoms with Crippen LogP contribution in [0.3, 0.4) is 0 Å². The van der Waals surface area contributed by atoms with Crippen LogP contribution in [0.2, 0.25) is 0 Å². The summed E-state index contributed by atoms with van der Waals surface area (Å²) in [6, 6.07) is 8.49. The van der Waals surface area contributed by atoms with Gasteiger partial charge in [-0.15, -0.1) is 0 Å². The molecule has 20 heteroatoms. The maximum atomic E-state index is 13.9. The molecule has 67 heavy (non-hydrogen) atoms. The number of aliphatic carboxylic acids is 1. The van der Waals surface area contributed by atoms with Crippen LogP contribution < -0.4 is 37.2 Å². The molecular formula is C47H71N7O13. The molecule has 2 aromatic carbocycles. The number of amides is 7. The topological polar surface area (TPSA) is 278 Å². The molecule has 2 rings (SSSR count). The number of rotatable bonds is 20. The molecule has 7 amide bonds. The van der Waals surface area contributed by atoms with E-state index >= 15 is 0 Å². The first-order chi connectivity index (χ1) is 30.9. The van der Waals surface area contributed by atoms with E-state index < -0.39 is 76.5 Å². The summed E-state index contributed by atoms with van der Waals surface area (Å²) in [5, 5.41) is 27.9. The van der Waals surface area contributed by atoms with Gasteiger partial charge in [0.05, 0.1) is 6.42 Å². The van der Waals surface area contributed by atoms with Crippen molar-refractivity contribution < 1.29 is 62.4 Å². The summed E-state index contributed by atoms with van der Waals surface area (Å²) in [7, 11) is 0. The Morgan fingerprint density at radius 2 is 0.806 bits per heavy atom. The minimum Gasteiger partial charge on any atom is -0.481 e. The van der Waals surface area contributed by atoms with Crippen molar-refractivity contribution in [3.05, 3.63) is 69.8 Å². The monoisotopic (exact) mass is 942 g/mol. The number of alkyl carbamates (subject to hydrolysis) is 4. The van der Waals surface area contributed by atoms with Gasteiger partial charge in [-0.1, -0.05) is 12.1 Å². The molecule has 0 radical (unpaired) electrons. The van der Waals surface area contributed by atoms with Crippen molar-refractivity contribution in [1.82, 2.24) is 37.2 Å². The van der Waals surface area contributed by atoms with Gasteiger partial charge in [0.15, 0.2) is 0 Å². The van der Waals surface area contributed by atoms with E-state index in [1.165, 1.54) is 12.1 Å². The summed E-state index contributed by atoms with van der Waals surface area (Å²) in [6.45, 7) is 20.6. The maximum absolute atomic E-state index is 13.9. The van der Waals surface area contributed by atoms with Crippen molar-refractivity contribution >= 4 is 48.1 Å². The van der Waals surface area contributed by atoms with Crippen molar-refractivity contribution in [3.8, 4) is 0 Å². The van der Waals surface area contributed by atoms with Crippen LogP contribution in [0.25, 0.3) is 0 Å². The van der Waals surface area contributed by atoms with Crippen molar-refractivity contribution in [2.24, 2.45) is 0 Å². The lowest BCUT2D eigenvalue weighted by Crippen LogP contribution is -2.47. The molecule has 0 heterocycles. The van der Waals surface area contributed by atoms with Crippen molar-refractivity contribution in [2.75, 3.05) is 13.1 Å². The van der Waals surface area contributed by atoms with Crippen LogP contribution >= 0.6 is 0 Å². The van der Waals surface area contributed by atoms with Crippen LogP contribution in [0.1, 0.15) is 152 Å². The van der Waals surface area contributed by atoms with Crippen LogP contribution in [-0.4, -0.2) is 94.7 Å². The summed E-state index contributed by atoms with van der Waals surface area (Å²) in [5.74, 6) is -2.87. The van der Waals surface area contributed by atoms with Crippen LogP contribution in [0, 0.1) is 0 Å². The first-order valence-corrected chi connectivity index (χ1v) is 22.1. The predicted octanol–water partition coefficient (Wildman–Crippen LogP) is 6.08. The molecule has 0 saturated heterocycles. The highest BCUT2D eigenvalue weighted by atomic mass is 16.6. The van der Waals surface area contributed by atoms with Gasteiger partial charge >= 0.3 is 30.3 Å². The van der Waals surface area contributed by atoms with E-state index in [1.807, 2.05) is 0 Å². The van der Waals surface area contributed by atoms with E-state index in [-0.39, 0.29) is 63.2 Å². The minimum atomic E-state index is -1.13. The fourth-order valence-electron chi connectivity index (χ4n) is 5.85. The van der Waals surface area contributed by atoms with Crippen molar-refractivity contribution in [2.45, 2.75) is 163 Å². The standard InChI is InChI=1S/C47H71N7O13/c1-44(2,3)64-40(60)50-25-29-19-30(26-51-41(61)65-45(4,5)6)22-33(21-29)37(57)48-17-14-13-15-35(39(59)49-18-16-36(55)56)54-38(58)34-23-31(27-52-42(62)66-46(7,8)9)20-32(24-34)28-53-43(63)67-47(10,11)12/h19-24,35H,13-18,25-28H2,1-12H3,(H,48,57)(H,49,59)(H,50,60)(H,51,61)(H,52,62)(H,53,63)(H,54,58)(H,55,56). The minimum absolute atomic E-state index is 0.0225. The Labute approximate surface area is 393 Å². The van der Waals surface area contributed by atoms with E-state index in [0.717, 1.165) is 0 Å². The fraction of sp³-hybridized carbons (Fsp3) is 0.574. The number of hydrogen-bond donors (Lipinski definition) is 8. The zero-order valence-electron chi connectivity index (χ0n) is 41.0. The average Bonchev–Trinajstić information content (AvgIpc) is 3.17. The first kappa shape index (κ1) is 56.5. The Bertz CT molecular complexity index is 1960. The second kappa shape index (κ2) is 25.3. The van der Waals surface area contributed by atoms with E-state index in [0.29, 0.717) is 35.1 Å². The number of ether oxygens (including phenoxy) is 4. The molecule has 8 N–H and O–H groups in total. The van der Waals surface area contributed by atoms with Gasteiger partial charge in [-0.3, -0.25) is 19.2 Å². The number of benzene rings is 2. The summed E-state index contributed by atoms with van der Waals surface area (Å²) < 4.78 is 21.3. The quantitative estimate of drug-likeness (QED) is 0.0553. The molecule has 372 valence electrons. The highest BCUT2D eigenvalue weighted by Crippen LogP contribution is 2.16. The third kappa shape index (κ3) is 25.6. The first-order valence-electron chi connectivity index (χ1n) is 22.1. The zero-order valence-corrected chi connectivity index (χ0v) is 41.0. The summed E-state index contributed by atoms with van der Waals surface area (Å²) in [5.41, 5.74) is -0.554. The number of nitrogens with one attached hydrogen (secondary N) is 7. The van der Waals surface area contributed by atoms with Gasteiger partial charge < -0.3 is 61.3 Å². The molecule has 0 fully saturated rings. The van der Waals surface area contributed by atoms with Crippen LogP contribution in [0.4, 0.5) is 19.2 Å². The van der Waals surface area contributed by atoms with Gasteiger partial charge in [-0.05, 0) is 149 Å². The SMILES string of the molecule is CC(C)(C)OC(=O)NCc1cc(CNC(=O)OC(C)(C)C)cc(C(=O)NCCCCC(NC(=O)c2cc(CNC(=O)OC(C)(C)C)cc(CNC(=O)OC(C)(C)C)c2)C(=O)NCCC(=O)O)c1. The number of carbonyl (C=O) groups is 8. The van der Waals surface area contributed by atoms with Gasteiger partial charge in [-0.2, -0.15) is 0 Å². The molecule has 0 bridgehead atoms. The number of hydrogen-bond acceptors (Lipinski definition) is 12. The Morgan fingerprint density at radius 3 is 1.13 bits per heavy atom. The number of carboxylic acids is 1. The molecule has 0 spiro atoms. The predicted molar refractivity (Wildman–Crippen MR) is 248 cm³/mol. The fourth-order valence-corrected chi connectivity index (χ4v) is 5.85. The van der Waals surface area contributed by atoms with Crippen LogP contribution in [0.15, 0.2) is 36.4 Å². The Kier molecular flexibility index (Phi) is 21.4. The molecule has 2 aromatic rings. The molecule has 0 aliphatic rings. The van der Waals surface area contributed by atoms with E-state index in [4.69, 9.17) is 24.1 Å². The van der Waals surface area contributed by atoms with Gasteiger partial charge in [-0.25, -0.2) is 19.2 Å². The lowest BCUT2D eigenvalue weighted by Gasteiger charge is -2.21. The van der Waals surface area contributed by atoms with Crippen LogP contribution in [-0.2, 0) is 54.7 Å². The lowest BCUT2D eigenvalue weighted by molar-refractivity contribution is -0.137. The largest absolute Gasteiger partial charge is 0.481 e. The summed E-state index contributed by atoms with van der Waals surface area (Å²) >= 11 is 0. The van der Waals surface area contributed by atoms with Gasteiger partial charge in [0, 0.05) is 50.4 Å². The Hall–Kier alpha value is -6.60. The average molecular weight is 942 g/mol. The van der Waals surface area contributed by atoms with E-state index in [2.05, 4.69) is 37.2 Å². The molecule has 0 aliphatic carbocycles. The highest BCUT2D eigenvalue weighted by Gasteiger charge is 2.24. The second-order valence-corrected chi connectivity index (χ2v) is 19.7. The molecule has 0 aromatic heterocycles. The Morgan fingerprint density at radius 1 is 0.463 bits per heavy atom. The number of carboxylic acid groups (broad SMARTS) is 1. The molecule has 1 atom stereocenters. The smallest absolute Gasteiger partial charge is 0.407 e. The third-order valence-electron chi connectivity index (χ3n) is 8.44. The zero-order chi connectivity index (χ0) is 50.8. The Balaban J connectivity index is 2.26. The van der Waals surface area contributed by atoms with Gasteiger partial charge in [0.25, 0.3) is 11.8 Å². The van der Waals surface area contributed by atoms with Crippen LogP contribution in [0.5, 0.6) is 0 Å². The summed E-state index contributed by atoms with van der Waals surface area (Å²) in [4.78, 5) is 102. The number of carbonyl (C=O) groups excluding carboxylic acids is 7. The van der Waals surface area contributed by atoms with E-state index in [1.54, 1.807) is 107 Å².